The average Bonchev–Trinajstić information content (AvgIpc) is 2.73. The van der Waals surface area contributed by atoms with Crippen molar-refractivity contribution in [3.63, 3.8) is 0 Å². The molecule has 1 aromatic carbocycles. The van der Waals surface area contributed by atoms with Crippen molar-refractivity contribution in [3.05, 3.63) is 45.9 Å². The minimum absolute atomic E-state index is 0.0191. The quantitative estimate of drug-likeness (QED) is 0.904. The van der Waals surface area contributed by atoms with Crippen LogP contribution in [0, 0.1) is 6.92 Å². The lowest BCUT2D eigenvalue weighted by Gasteiger charge is -2.12. The van der Waals surface area contributed by atoms with Crippen LogP contribution >= 0.6 is 11.3 Å². The minimum Gasteiger partial charge on any atom is -0.488 e. The van der Waals surface area contributed by atoms with E-state index in [0.29, 0.717) is 6.61 Å². The number of hydrogen-bond donors (Lipinski definition) is 1. The van der Waals surface area contributed by atoms with Gasteiger partial charge in [-0.15, -0.1) is 11.3 Å². The number of nitrogens with two attached hydrogens (primary N) is 1. The van der Waals surface area contributed by atoms with Gasteiger partial charge in [0.05, 0.1) is 9.88 Å². The number of rotatable bonds is 4. The predicted molar refractivity (Wildman–Crippen MR) is 70.2 cm³/mol. The maximum absolute atomic E-state index is 5.90. The van der Waals surface area contributed by atoms with Gasteiger partial charge in [0.1, 0.15) is 12.4 Å². The topological polar surface area (TPSA) is 48.1 Å². The summed E-state index contributed by atoms with van der Waals surface area (Å²) < 4.78 is 5.79. The van der Waals surface area contributed by atoms with E-state index in [0.717, 1.165) is 21.2 Å². The number of ether oxygens (including phenoxy) is 1. The Balaban J connectivity index is 2.08. The van der Waals surface area contributed by atoms with Gasteiger partial charge in [-0.2, -0.15) is 0 Å². The summed E-state index contributed by atoms with van der Waals surface area (Å²) >= 11 is 1.65. The van der Waals surface area contributed by atoms with Gasteiger partial charge < -0.3 is 10.5 Å². The van der Waals surface area contributed by atoms with Gasteiger partial charge in [0.25, 0.3) is 0 Å². The summed E-state index contributed by atoms with van der Waals surface area (Å²) in [7, 11) is 0. The molecule has 1 heterocycles. The molecule has 0 fully saturated rings. The van der Waals surface area contributed by atoms with E-state index in [2.05, 4.69) is 4.98 Å². The Bertz CT molecular complexity index is 494. The minimum atomic E-state index is -0.0191. The maximum atomic E-state index is 5.90. The molecule has 17 heavy (non-hydrogen) atoms. The summed E-state index contributed by atoms with van der Waals surface area (Å²) in [6.07, 6.45) is 1.86. The van der Waals surface area contributed by atoms with Crippen LogP contribution in [-0.4, -0.2) is 4.98 Å². The highest BCUT2D eigenvalue weighted by molar-refractivity contribution is 7.11. The first-order chi connectivity index (χ1) is 8.16. The van der Waals surface area contributed by atoms with Gasteiger partial charge in [-0.05, 0) is 19.9 Å². The van der Waals surface area contributed by atoms with Crippen LogP contribution in [0.15, 0.2) is 30.5 Å². The zero-order valence-electron chi connectivity index (χ0n) is 10.0. The van der Waals surface area contributed by atoms with Gasteiger partial charge >= 0.3 is 0 Å². The standard InChI is InChI=1S/C13H16N2OS/c1-9(14)12-5-3-4-6-13(12)16-8-11-7-15-10(2)17-11/h3-7,9H,8,14H2,1-2H3/t9-/m0/s1. The van der Waals surface area contributed by atoms with Crippen LogP contribution in [0.2, 0.25) is 0 Å². The number of aromatic nitrogens is 1. The highest BCUT2D eigenvalue weighted by Crippen LogP contribution is 2.24. The number of nitrogens with zero attached hydrogens (tertiary/aromatic N) is 1. The molecule has 0 aliphatic heterocycles. The van der Waals surface area contributed by atoms with Gasteiger partial charge in [0, 0.05) is 17.8 Å². The largest absolute Gasteiger partial charge is 0.488 e. The third-order valence-electron chi connectivity index (χ3n) is 2.45. The van der Waals surface area contributed by atoms with E-state index in [9.17, 15) is 0 Å². The third-order valence-corrected chi connectivity index (χ3v) is 3.33. The normalized spacial score (nSPS) is 12.4. The predicted octanol–water partition coefficient (Wildman–Crippen LogP) is 3.05. The van der Waals surface area contributed by atoms with E-state index in [-0.39, 0.29) is 6.04 Å². The lowest BCUT2D eigenvalue weighted by atomic mass is 10.1. The Morgan fingerprint density at radius 1 is 1.41 bits per heavy atom. The van der Waals surface area contributed by atoms with E-state index in [4.69, 9.17) is 10.5 Å². The van der Waals surface area contributed by atoms with Gasteiger partial charge in [-0.3, -0.25) is 0 Å². The fourth-order valence-electron chi connectivity index (χ4n) is 1.61. The summed E-state index contributed by atoms with van der Waals surface area (Å²) in [4.78, 5) is 5.33. The first-order valence-electron chi connectivity index (χ1n) is 5.55. The van der Waals surface area contributed by atoms with E-state index in [1.165, 1.54) is 0 Å². The summed E-state index contributed by atoms with van der Waals surface area (Å²) in [5, 5.41) is 1.06. The zero-order chi connectivity index (χ0) is 12.3. The molecule has 0 saturated carbocycles. The molecule has 0 bridgehead atoms. The molecule has 0 radical (unpaired) electrons. The monoisotopic (exact) mass is 248 g/mol. The number of para-hydroxylation sites is 1. The van der Waals surface area contributed by atoms with Crippen molar-refractivity contribution in [2.75, 3.05) is 0 Å². The molecule has 0 amide bonds. The number of benzene rings is 1. The van der Waals surface area contributed by atoms with Crippen LogP contribution < -0.4 is 10.5 Å². The van der Waals surface area contributed by atoms with Crippen molar-refractivity contribution < 1.29 is 4.74 Å². The van der Waals surface area contributed by atoms with Crippen molar-refractivity contribution >= 4 is 11.3 Å². The molecular weight excluding hydrogens is 232 g/mol. The smallest absolute Gasteiger partial charge is 0.124 e. The Morgan fingerprint density at radius 3 is 2.82 bits per heavy atom. The number of hydrogen-bond acceptors (Lipinski definition) is 4. The molecular formula is C13H16N2OS. The van der Waals surface area contributed by atoms with Crippen LogP contribution in [0.4, 0.5) is 0 Å². The van der Waals surface area contributed by atoms with Gasteiger partial charge in [0.2, 0.25) is 0 Å². The van der Waals surface area contributed by atoms with Crippen LogP contribution in [0.3, 0.4) is 0 Å². The van der Waals surface area contributed by atoms with E-state index < -0.39 is 0 Å². The fraction of sp³-hybridized carbons (Fsp3) is 0.308. The Morgan fingerprint density at radius 2 is 2.18 bits per heavy atom. The molecule has 0 unspecified atom stereocenters. The lowest BCUT2D eigenvalue weighted by Crippen LogP contribution is -2.07. The van der Waals surface area contributed by atoms with Crippen LogP contribution in [0.25, 0.3) is 0 Å². The molecule has 0 aliphatic carbocycles. The van der Waals surface area contributed by atoms with Crippen LogP contribution in [0.5, 0.6) is 5.75 Å². The molecule has 0 saturated heterocycles. The molecule has 2 N–H and O–H groups in total. The Kier molecular flexibility index (Phi) is 3.76. The summed E-state index contributed by atoms with van der Waals surface area (Å²) in [6.45, 7) is 4.50. The third kappa shape index (κ3) is 3.05. The van der Waals surface area contributed by atoms with Gasteiger partial charge in [-0.1, -0.05) is 18.2 Å². The Labute approximate surface area is 105 Å². The molecule has 2 aromatic rings. The zero-order valence-corrected chi connectivity index (χ0v) is 10.8. The molecule has 1 atom stereocenters. The molecule has 0 spiro atoms. The van der Waals surface area contributed by atoms with Crippen molar-refractivity contribution in [2.45, 2.75) is 26.5 Å². The molecule has 3 nitrogen and oxygen atoms in total. The lowest BCUT2D eigenvalue weighted by molar-refractivity contribution is 0.305. The van der Waals surface area contributed by atoms with Crippen molar-refractivity contribution in [1.82, 2.24) is 4.98 Å². The number of thiazole rings is 1. The second-order valence-corrected chi connectivity index (χ2v) is 5.28. The highest BCUT2D eigenvalue weighted by atomic mass is 32.1. The van der Waals surface area contributed by atoms with Gasteiger partial charge in [-0.25, -0.2) is 4.98 Å². The molecule has 90 valence electrons. The summed E-state index contributed by atoms with van der Waals surface area (Å²) in [5.41, 5.74) is 6.93. The van der Waals surface area contributed by atoms with Crippen molar-refractivity contribution in [2.24, 2.45) is 5.73 Å². The average molecular weight is 248 g/mol. The highest BCUT2D eigenvalue weighted by Gasteiger charge is 2.07. The maximum Gasteiger partial charge on any atom is 0.124 e. The van der Waals surface area contributed by atoms with E-state index in [1.807, 2.05) is 44.3 Å². The molecule has 0 aliphatic rings. The second kappa shape index (κ2) is 5.29. The van der Waals surface area contributed by atoms with E-state index in [1.54, 1.807) is 11.3 Å². The second-order valence-electron chi connectivity index (χ2n) is 3.96. The van der Waals surface area contributed by atoms with Crippen molar-refractivity contribution in [1.29, 1.82) is 0 Å². The van der Waals surface area contributed by atoms with Crippen molar-refractivity contribution in [3.8, 4) is 5.75 Å². The van der Waals surface area contributed by atoms with Gasteiger partial charge in [0.15, 0.2) is 0 Å². The summed E-state index contributed by atoms with van der Waals surface area (Å²) in [5.74, 6) is 0.855. The van der Waals surface area contributed by atoms with Crippen LogP contribution in [-0.2, 0) is 6.61 Å². The first-order valence-corrected chi connectivity index (χ1v) is 6.37. The molecule has 4 heteroatoms. The molecule has 2 rings (SSSR count). The Hall–Kier alpha value is -1.39. The van der Waals surface area contributed by atoms with E-state index >= 15 is 0 Å². The van der Waals surface area contributed by atoms with Crippen LogP contribution in [0.1, 0.15) is 28.4 Å². The number of aryl methyl sites for hydroxylation is 1. The fourth-order valence-corrected chi connectivity index (χ4v) is 2.32. The first kappa shape index (κ1) is 12.1. The molecule has 1 aromatic heterocycles. The summed E-state index contributed by atoms with van der Waals surface area (Å²) in [6, 6.07) is 7.86. The SMILES string of the molecule is Cc1ncc(COc2ccccc2[C@H](C)N)s1.